The zero-order valence-electron chi connectivity index (χ0n) is 9.51. The molecule has 0 aliphatic rings. The summed E-state index contributed by atoms with van der Waals surface area (Å²) in [5.41, 5.74) is 3.86. The van der Waals surface area contributed by atoms with E-state index in [1.165, 1.54) is 11.1 Å². The fourth-order valence-corrected chi connectivity index (χ4v) is 3.33. The van der Waals surface area contributed by atoms with E-state index in [1.807, 2.05) is 11.6 Å². The minimum Gasteiger partial charge on any atom is -0.307 e. The van der Waals surface area contributed by atoms with Crippen molar-refractivity contribution >= 4 is 27.6 Å². The summed E-state index contributed by atoms with van der Waals surface area (Å²) in [5.74, 6) is 0. The van der Waals surface area contributed by atoms with E-state index < -0.39 is 0 Å². The molecule has 3 aromatic heterocycles. The Morgan fingerprint density at radius 3 is 3.06 bits per heavy atom. The van der Waals surface area contributed by atoms with Gasteiger partial charge in [0.2, 0.25) is 0 Å². The highest BCUT2D eigenvalue weighted by molar-refractivity contribution is 7.15. The summed E-state index contributed by atoms with van der Waals surface area (Å²) >= 11 is 3.43. The predicted octanol–water partition coefficient (Wildman–Crippen LogP) is 3.06. The number of rotatable bonds is 4. The number of nitrogens with one attached hydrogen (secondary N) is 1. The van der Waals surface area contributed by atoms with Crippen molar-refractivity contribution in [2.24, 2.45) is 0 Å². The Labute approximate surface area is 108 Å². The van der Waals surface area contributed by atoms with Gasteiger partial charge in [-0.2, -0.15) is 11.3 Å². The second kappa shape index (κ2) is 4.60. The lowest BCUT2D eigenvalue weighted by Gasteiger charge is -2.01. The minimum atomic E-state index is 0.823. The van der Waals surface area contributed by atoms with Crippen LogP contribution < -0.4 is 5.32 Å². The molecule has 17 heavy (non-hydrogen) atoms. The highest BCUT2D eigenvalue weighted by atomic mass is 32.1. The third-order valence-electron chi connectivity index (χ3n) is 2.73. The first-order valence-electron chi connectivity index (χ1n) is 5.46. The van der Waals surface area contributed by atoms with Gasteiger partial charge in [-0.25, -0.2) is 4.98 Å². The molecule has 0 radical (unpaired) electrons. The van der Waals surface area contributed by atoms with Gasteiger partial charge in [-0.3, -0.25) is 4.40 Å². The zero-order valence-corrected chi connectivity index (χ0v) is 11.1. The van der Waals surface area contributed by atoms with Crippen LogP contribution in [0.2, 0.25) is 0 Å². The second-order valence-corrected chi connectivity index (χ2v) is 5.63. The minimum absolute atomic E-state index is 0.823. The van der Waals surface area contributed by atoms with Gasteiger partial charge >= 0.3 is 0 Å². The van der Waals surface area contributed by atoms with Crippen molar-refractivity contribution in [3.05, 3.63) is 45.4 Å². The lowest BCUT2D eigenvalue weighted by atomic mass is 10.2. The number of fused-ring (bicyclic) bond motifs is 1. The number of aryl methyl sites for hydroxylation is 1. The van der Waals surface area contributed by atoms with Gasteiger partial charge in [0, 0.05) is 30.9 Å². The van der Waals surface area contributed by atoms with E-state index in [0.717, 1.165) is 23.7 Å². The first-order chi connectivity index (χ1) is 8.33. The van der Waals surface area contributed by atoms with Crippen LogP contribution >= 0.6 is 22.7 Å². The van der Waals surface area contributed by atoms with E-state index in [2.05, 4.69) is 38.6 Å². The van der Waals surface area contributed by atoms with Gasteiger partial charge in [0.05, 0.1) is 5.69 Å². The average Bonchev–Trinajstić information content (AvgIpc) is 2.95. The van der Waals surface area contributed by atoms with Gasteiger partial charge < -0.3 is 5.32 Å². The molecule has 3 rings (SSSR count). The van der Waals surface area contributed by atoms with Crippen LogP contribution in [0.15, 0.2) is 28.5 Å². The van der Waals surface area contributed by atoms with E-state index in [-0.39, 0.29) is 0 Å². The lowest BCUT2D eigenvalue weighted by Crippen LogP contribution is -2.12. The SMILES string of the molecule is Cc1cscc1CNCc1cn2ccsc2n1. The topological polar surface area (TPSA) is 29.3 Å². The maximum Gasteiger partial charge on any atom is 0.193 e. The molecule has 0 amide bonds. The second-order valence-electron chi connectivity index (χ2n) is 4.01. The van der Waals surface area contributed by atoms with Crippen molar-refractivity contribution in [1.82, 2.24) is 14.7 Å². The third kappa shape index (κ3) is 2.26. The van der Waals surface area contributed by atoms with Gasteiger partial charge in [0.15, 0.2) is 4.96 Å². The Morgan fingerprint density at radius 2 is 2.29 bits per heavy atom. The molecule has 3 heterocycles. The number of nitrogens with zero attached hydrogens (tertiary/aromatic N) is 2. The number of aromatic nitrogens is 2. The summed E-state index contributed by atoms with van der Waals surface area (Å²) in [5, 5.41) is 9.87. The summed E-state index contributed by atoms with van der Waals surface area (Å²) in [7, 11) is 0. The third-order valence-corrected chi connectivity index (χ3v) is 4.41. The molecule has 0 fully saturated rings. The van der Waals surface area contributed by atoms with E-state index in [4.69, 9.17) is 0 Å². The normalized spacial score (nSPS) is 11.4. The van der Waals surface area contributed by atoms with E-state index in [0.29, 0.717) is 0 Å². The van der Waals surface area contributed by atoms with Crippen molar-refractivity contribution < 1.29 is 0 Å². The molecule has 0 saturated carbocycles. The monoisotopic (exact) mass is 263 g/mol. The molecule has 0 bridgehead atoms. The first kappa shape index (κ1) is 11.0. The van der Waals surface area contributed by atoms with E-state index >= 15 is 0 Å². The number of thiophene rings is 1. The van der Waals surface area contributed by atoms with Crippen molar-refractivity contribution in [2.75, 3.05) is 0 Å². The summed E-state index contributed by atoms with van der Waals surface area (Å²) < 4.78 is 2.07. The largest absolute Gasteiger partial charge is 0.307 e. The van der Waals surface area contributed by atoms with Crippen LogP contribution in [0.1, 0.15) is 16.8 Å². The van der Waals surface area contributed by atoms with Crippen molar-refractivity contribution in [3.8, 4) is 0 Å². The number of hydrogen-bond donors (Lipinski definition) is 1. The number of imidazole rings is 1. The fraction of sp³-hybridized carbons (Fsp3) is 0.250. The highest BCUT2D eigenvalue weighted by Crippen LogP contribution is 2.14. The Kier molecular flexibility index (Phi) is 2.96. The summed E-state index contributed by atoms with van der Waals surface area (Å²) in [6.07, 6.45) is 4.12. The van der Waals surface area contributed by atoms with Gasteiger partial charge in [-0.1, -0.05) is 0 Å². The Morgan fingerprint density at radius 1 is 1.35 bits per heavy atom. The molecular weight excluding hydrogens is 250 g/mol. The quantitative estimate of drug-likeness (QED) is 0.784. The molecule has 0 aliphatic carbocycles. The molecule has 0 unspecified atom stereocenters. The molecule has 3 aromatic rings. The van der Waals surface area contributed by atoms with Crippen LogP contribution in [-0.2, 0) is 13.1 Å². The number of hydrogen-bond acceptors (Lipinski definition) is 4. The zero-order chi connectivity index (χ0) is 11.7. The van der Waals surface area contributed by atoms with Crippen molar-refractivity contribution in [3.63, 3.8) is 0 Å². The van der Waals surface area contributed by atoms with Crippen molar-refractivity contribution in [1.29, 1.82) is 0 Å². The molecule has 1 N–H and O–H groups in total. The van der Waals surface area contributed by atoms with Crippen LogP contribution in [0.25, 0.3) is 4.96 Å². The molecule has 0 aromatic carbocycles. The summed E-state index contributed by atoms with van der Waals surface area (Å²) in [6, 6.07) is 0. The maximum absolute atomic E-state index is 4.54. The van der Waals surface area contributed by atoms with Crippen LogP contribution in [0.4, 0.5) is 0 Å². The lowest BCUT2D eigenvalue weighted by molar-refractivity contribution is 0.682. The molecule has 5 heteroatoms. The van der Waals surface area contributed by atoms with E-state index in [9.17, 15) is 0 Å². The summed E-state index contributed by atoms with van der Waals surface area (Å²) in [6.45, 7) is 3.89. The van der Waals surface area contributed by atoms with Crippen LogP contribution in [0, 0.1) is 6.92 Å². The van der Waals surface area contributed by atoms with Crippen LogP contribution in [0.3, 0.4) is 0 Å². The molecule has 3 nitrogen and oxygen atoms in total. The Bertz CT molecular complexity index is 592. The first-order valence-corrected chi connectivity index (χ1v) is 7.28. The Balaban J connectivity index is 1.61. The van der Waals surface area contributed by atoms with E-state index in [1.54, 1.807) is 22.7 Å². The van der Waals surface area contributed by atoms with Crippen LogP contribution in [-0.4, -0.2) is 9.38 Å². The highest BCUT2D eigenvalue weighted by Gasteiger charge is 2.03. The molecular formula is C12H13N3S2. The molecule has 0 atom stereocenters. The van der Waals surface area contributed by atoms with Crippen molar-refractivity contribution in [2.45, 2.75) is 20.0 Å². The predicted molar refractivity (Wildman–Crippen MR) is 72.7 cm³/mol. The van der Waals surface area contributed by atoms with Gasteiger partial charge in [-0.15, -0.1) is 11.3 Å². The molecule has 0 spiro atoms. The smallest absolute Gasteiger partial charge is 0.193 e. The maximum atomic E-state index is 4.54. The Hall–Kier alpha value is -1.17. The molecule has 0 saturated heterocycles. The molecule has 88 valence electrons. The van der Waals surface area contributed by atoms with Gasteiger partial charge in [0.25, 0.3) is 0 Å². The summed E-state index contributed by atoms with van der Waals surface area (Å²) in [4.78, 5) is 5.60. The fourth-order valence-electron chi connectivity index (χ4n) is 1.75. The van der Waals surface area contributed by atoms with Gasteiger partial charge in [-0.05, 0) is 28.8 Å². The molecule has 0 aliphatic heterocycles. The standard InChI is InChI=1S/C12H13N3S2/c1-9-7-16-8-10(9)4-13-5-11-6-15-2-3-17-12(15)14-11/h2-3,6-8,13H,4-5H2,1H3. The number of thiazole rings is 1. The van der Waals surface area contributed by atoms with Gasteiger partial charge in [0.1, 0.15) is 0 Å². The average molecular weight is 263 g/mol. The van der Waals surface area contributed by atoms with Crippen LogP contribution in [0.5, 0.6) is 0 Å².